The molecule has 8 heteroatoms. The number of amides is 2. The number of para-hydroxylation sites is 1. The second kappa shape index (κ2) is 6.43. The van der Waals surface area contributed by atoms with Crippen LogP contribution in [0.1, 0.15) is 45.1 Å². The summed E-state index contributed by atoms with van der Waals surface area (Å²) in [5.74, 6) is -0.126. The highest BCUT2D eigenvalue weighted by Crippen LogP contribution is 2.36. The number of carbonyl (C=O) groups is 2. The maximum Gasteiger partial charge on any atom is 0.274 e. The van der Waals surface area contributed by atoms with Gasteiger partial charge in [-0.1, -0.05) is 18.2 Å². The highest BCUT2D eigenvalue weighted by Gasteiger charge is 2.46. The van der Waals surface area contributed by atoms with Gasteiger partial charge in [0.1, 0.15) is 5.69 Å². The van der Waals surface area contributed by atoms with Gasteiger partial charge < -0.3 is 19.5 Å². The van der Waals surface area contributed by atoms with Crippen molar-refractivity contribution in [2.75, 3.05) is 26.2 Å². The Bertz CT molecular complexity index is 1130. The molecule has 154 valence electrons. The van der Waals surface area contributed by atoms with Gasteiger partial charge in [-0.25, -0.2) is 0 Å². The molecule has 3 aromatic rings. The van der Waals surface area contributed by atoms with E-state index < -0.39 is 0 Å². The molecular formula is C22H23N5O3. The van der Waals surface area contributed by atoms with E-state index in [1.54, 1.807) is 4.90 Å². The Labute approximate surface area is 173 Å². The fourth-order valence-corrected chi connectivity index (χ4v) is 4.88. The van der Waals surface area contributed by atoms with Gasteiger partial charge >= 0.3 is 0 Å². The van der Waals surface area contributed by atoms with Gasteiger partial charge in [0.15, 0.2) is 5.69 Å². The summed E-state index contributed by atoms with van der Waals surface area (Å²) >= 11 is 0. The van der Waals surface area contributed by atoms with Crippen LogP contribution in [0.4, 0.5) is 0 Å². The third-order valence-electron chi connectivity index (χ3n) is 6.75. The van der Waals surface area contributed by atoms with E-state index in [4.69, 9.17) is 4.74 Å². The fourth-order valence-electron chi connectivity index (χ4n) is 4.88. The van der Waals surface area contributed by atoms with Crippen LogP contribution in [-0.4, -0.2) is 68.6 Å². The molecule has 2 N–H and O–H groups in total. The quantitative estimate of drug-likeness (QED) is 0.683. The van der Waals surface area contributed by atoms with Crippen molar-refractivity contribution < 1.29 is 14.3 Å². The van der Waals surface area contributed by atoms with Gasteiger partial charge in [0.05, 0.1) is 25.3 Å². The van der Waals surface area contributed by atoms with E-state index >= 15 is 0 Å². The average molecular weight is 405 g/mol. The molecule has 1 atom stereocenters. The third-order valence-corrected chi connectivity index (χ3v) is 6.75. The van der Waals surface area contributed by atoms with E-state index in [1.807, 2.05) is 35.2 Å². The normalized spacial score (nSPS) is 23.1. The molecule has 3 aliphatic heterocycles. The second-order valence-electron chi connectivity index (χ2n) is 8.53. The molecule has 5 heterocycles. The summed E-state index contributed by atoms with van der Waals surface area (Å²) in [6.45, 7) is 3.09. The Morgan fingerprint density at radius 2 is 1.97 bits per heavy atom. The summed E-state index contributed by atoms with van der Waals surface area (Å²) < 4.78 is 5.73. The number of carbonyl (C=O) groups excluding carboxylic acids is 2. The summed E-state index contributed by atoms with van der Waals surface area (Å²) in [6.07, 6.45) is 2.56. The minimum atomic E-state index is -0.135. The number of aromatic nitrogens is 3. The minimum absolute atomic E-state index is 0.0561. The molecule has 3 aliphatic rings. The smallest absolute Gasteiger partial charge is 0.274 e. The monoisotopic (exact) mass is 405 g/mol. The van der Waals surface area contributed by atoms with E-state index in [0.29, 0.717) is 44.0 Å². The second-order valence-corrected chi connectivity index (χ2v) is 8.53. The van der Waals surface area contributed by atoms with Crippen LogP contribution in [0.2, 0.25) is 0 Å². The Morgan fingerprint density at radius 1 is 1.10 bits per heavy atom. The number of H-pyrrole nitrogens is 2. The summed E-state index contributed by atoms with van der Waals surface area (Å²) in [4.78, 5) is 33.1. The molecule has 0 saturated carbocycles. The lowest BCUT2D eigenvalue weighted by Gasteiger charge is -2.38. The summed E-state index contributed by atoms with van der Waals surface area (Å²) in [7, 11) is 0. The first kappa shape index (κ1) is 17.7. The number of ether oxygens (including phenoxy) is 1. The van der Waals surface area contributed by atoms with Crippen LogP contribution in [0, 0.1) is 0 Å². The van der Waals surface area contributed by atoms with Gasteiger partial charge in [-0.15, -0.1) is 0 Å². The highest BCUT2D eigenvalue weighted by atomic mass is 16.5. The van der Waals surface area contributed by atoms with Gasteiger partial charge in [0, 0.05) is 48.1 Å². The van der Waals surface area contributed by atoms with Crippen LogP contribution in [-0.2, 0) is 17.7 Å². The molecule has 1 unspecified atom stereocenters. The van der Waals surface area contributed by atoms with Crippen LogP contribution >= 0.6 is 0 Å². The first-order valence-electron chi connectivity index (χ1n) is 10.5. The zero-order valence-electron chi connectivity index (χ0n) is 16.6. The predicted molar refractivity (Wildman–Crippen MR) is 109 cm³/mol. The van der Waals surface area contributed by atoms with Crippen LogP contribution in [0.5, 0.6) is 0 Å². The van der Waals surface area contributed by atoms with E-state index in [2.05, 4.69) is 15.2 Å². The van der Waals surface area contributed by atoms with E-state index in [-0.39, 0.29) is 17.4 Å². The topological polar surface area (TPSA) is 94.3 Å². The number of benzene rings is 1. The molecule has 0 radical (unpaired) electrons. The van der Waals surface area contributed by atoms with Crippen molar-refractivity contribution in [3.63, 3.8) is 0 Å². The van der Waals surface area contributed by atoms with Crippen LogP contribution in [0.25, 0.3) is 10.9 Å². The molecule has 2 fully saturated rings. The number of hydrogen-bond acceptors (Lipinski definition) is 4. The zero-order chi connectivity index (χ0) is 20.3. The van der Waals surface area contributed by atoms with Crippen molar-refractivity contribution in [3.05, 3.63) is 53.0 Å². The molecule has 30 heavy (non-hydrogen) atoms. The van der Waals surface area contributed by atoms with Crippen LogP contribution in [0.3, 0.4) is 0 Å². The molecular weight excluding hydrogens is 382 g/mol. The summed E-state index contributed by atoms with van der Waals surface area (Å²) in [6, 6.07) is 9.73. The van der Waals surface area contributed by atoms with E-state index in [0.717, 1.165) is 41.6 Å². The van der Waals surface area contributed by atoms with Crippen molar-refractivity contribution in [3.8, 4) is 0 Å². The number of rotatable bonds is 2. The van der Waals surface area contributed by atoms with Crippen molar-refractivity contribution in [1.29, 1.82) is 0 Å². The van der Waals surface area contributed by atoms with Gasteiger partial charge in [0.25, 0.3) is 11.8 Å². The minimum Gasteiger partial charge on any atom is -0.373 e. The number of nitrogens with one attached hydrogen (secondary N) is 2. The maximum absolute atomic E-state index is 13.2. The lowest BCUT2D eigenvalue weighted by molar-refractivity contribution is -0.135. The van der Waals surface area contributed by atoms with Crippen LogP contribution in [0.15, 0.2) is 30.3 Å². The first-order valence-corrected chi connectivity index (χ1v) is 10.5. The maximum atomic E-state index is 13.2. The first-order chi connectivity index (χ1) is 14.6. The number of fused-ring (bicyclic) bond motifs is 2. The van der Waals surface area contributed by atoms with Crippen LogP contribution < -0.4 is 0 Å². The number of aromatic amines is 2. The Balaban J connectivity index is 1.23. The molecule has 2 saturated heterocycles. The van der Waals surface area contributed by atoms with Crippen molar-refractivity contribution in [1.82, 2.24) is 25.0 Å². The van der Waals surface area contributed by atoms with Gasteiger partial charge in [-0.2, -0.15) is 5.10 Å². The highest BCUT2D eigenvalue weighted by molar-refractivity contribution is 5.98. The summed E-state index contributed by atoms with van der Waals surface area (Å²) in [5, 5.41) is 8.37. The summed E-state index contributed by atoms with van der Waals surface area (Å²) in [5.41, 5.74) is 3.61. The number of hydrogen-bond donors (Lipinski definition) is 2. The molecule has 6 rings (SSSR count). The fraction of sp³-hybridized carbons (Fsp3) is 0.409. The van der Waals surface area contributed by atoms with Gasteiger partial charge in [0.2, 0.25) is 0 Å². The van der Waals surface area contributed by atoms with Crippen molar-refractivity contribution in [2.45, 2.75) is 31.4 Å². The van der Waals surface area contributed by atoms with Crippen molar-refractivity contribution >= 4 is 22.7 Å². The SMILES string of the molecule is O=C(c1cc2ccccc2[nH]1)N1CCc2[nH]nc(C(=O)N3CCC4(CCO4)C3)c2C1. The third kappa shape index (κ3) is 2.67. The predicted octanol–water partition coefficient (Wildman–Crippen LogP) is 2.09. The molecule has 2 amide bonds. The number of nitrogens with zero attached hydrogens (tertiary/aromatic N) is 3. The molecule has 8 nitrogen and oxygen atoms in total. The average Bonchev–Trinajstić information content (AvgIpc) is 3.47. The molecule has 1 aromatic carbocycles. The molecule has 2 aromatic heterocycles. The van der Waals surface area contributed by atoms with Gasteiger partial charge in [-0.05, 0) is 18.6 Å². The van der Waals surface area contributed by atoms with E-state index in [1.165, 1.54) is 0 Å². The van der Waals surface area contributed by atoms with Gasteiger partial charge in [-0.3, -0.25) is 14.7 Å². The Morgan fingerprint density at radius 3 is 2.73 bits per heavy atom. The largest absolute Gasteiger partial charge is 0.373 e. The molecule has 1 spiro atoms. The number of likely N-dealkylation sites (tertiary alicyclic amines) is 1. The zero-order valence-corrected chi connectivity index (χ0v) is 16.6. The van der Waals surface area contributed by atoms with E-state index in [9.17, 15) is 9.59 Å². The standard InChI is InChI=1S/C22H23N5O3/c28-20(18-11-14-3-1-2-4-16(14)23-18)26-8-5-17-15(12-26)19(25-24-17)21(29)27-9-6-22(13-27)7-10-30-22/h1-4,11,23H,5-10,12-13H2,(H,24,25). The lowest BCUT2D eigenvalue weighted by Crippen LogP contribution is -2.46. The Kier molecular flexibility index (Phi) is 3.80. The molecule has 0 bridgehead atoms. The molecule has 0 aliphatic carbocycles. The van der Waals surface area contributed by atoms with Crippen molar-refractivity contribution in [2.24, 2.45) is 0 Å². The Hall–Kier alpha value is -3.13. The lowest BCUT2D eigenvalue weighted by atomic mass is 9.94.